The Hall–Kier alpha value is -1.49. The van der Waals surface area contributed by atoms with Crippen molar-refractivity contribution in [3.05, 3.63) is 23.8 Å². The maximum atomic E-state index is 11.9. The molecule has 1 aliphatic heterocycles. The molecule has 94 valence electrons. The molecular formula is C12H19N3O2. The van der Waals surface area contributed by atoms with Crippen molar-refractivity contribution in [2.75, 3.05) is 26.3 Å². The molecule has 1 aromatic heterocycles. The number of nitrogens with zero attached hydrogens (tertiary/aromatic N) is 3. The lowest BCUT2D eigenvalue weighted by atomic mass is 10.3. The summed E-state index contributed by atoms with van der Waals surface area (Å²) in [6.07, 6.45) is 3.31. The van der Waals surface area contributed by atoms with Crippen molar-refractivity contribution in [1.29, 1.82) is 0 Å². The van der Waals surface area contributed by atoms with E-state index in [0.29, 0.717) is 26.3 Å². The number of carbonyl (C=O) groups is 1. The lowest BCUT2D eigenvalue weighted by Crippen LogP contribution is -2.41. The van der Waals surface area contributed by atoms with Crippen molar-refractivity contribution in [3.8, 4) is 0 Å². The molecule has 1 aliphatic rings. The predicted molar refractivity (Wildman–Crippen MR) is 64.8 cm³/mol. The van der Waals surface area contributed by atoms with Crippen LogP contribution < -0.4 is 0 Å². The second-order valence-corrected chi connectivity index (χ2v) is 3.49. The SMILES string of the molecule is CC.Cc1cnc(C(=O)N2CCOCC2)nc1. The number of morpholine rings is 1. The van der Waals surface area contributed by atoms with E-state index in [1.54, 1.807) is 17.3 Å². The fraction of sp³-hybridized carbons (Fsp3) is 0.583. The Morgan fingerprint density at radius 3 is 2.29 bits per heavy atom. The highest BCUT2D eigenvalue weighted by atomic mass is 16.5. The lowest BCUT2D eigenvalue weighted by molar-refractivity contribution is 0.0294. The average molecular weight is 237 g/mol. The molecule has 0 bridgehead atoms. The summed E-state index contributed by atoms with van der Waals surface area (Å²) in [4.78, 5) is 21.6. The zero-order chi connectivity index (χ0) is 12.7. The summed E-state index contributed by atoms with van der Waals surface area (Å²) in [6.45, 7) is 8.32. The molecule has 1 amide bonds. The second kappa shape index (κ2) is 6.96. The van der Waals surface area contributed by atoms with Crippen LogP contribution >= 0.6 is 0 Å². The van der Waals surface area contributed by atoms with Gasteiger partial charge in [0.15, 0.2) is 0 Å². The minimum atomic E-state index is -0.113. The third kappa shape index (κ3) is 3.78. The summed E-state index contributed by atoms with van der Waals surface area (Å²) in [6, 6.07) is 0. The quantitative estimate of drug-likeness (QED) is 0.738. The van der Waals surface area contributed by atoms with Crippen LogP contribution in [0.2, 0.25) is 0 Å². The van der Waals surface area contributed by atoms with Gasteiger partial charge in [0.05, 0.1) is 13.2 Å². The van der Waals surface area contributed by atoms with Crippen molar-refractivity contribution in [2.45, 2.75) is 20.8 Å². The summed E-state index contributed by atoms with van der Waals surface area (Å²) in [5.74, 6) is 0.154. The zero-order valence-corrected chi connectivity index (χ0v) is 10.6. The molecule has 5 nitrogen and oxygen atoms in total. The van der Waals surface area contributed by atoms with E-state index in [0.717, 1.165) is 5.56 Å². The van der Waals surface area contributed by atoms with E-state index in [4.69, 9.17) is 4.74 Å². The monoisotopic (exact) mass is 237 g/mol. The van der Waals surface area contributed by atoms with Crippen LogP contribution in [0.3, 0.4) is 0 Å². The molecular weight excluding hydrogens is 218 g/mol. The minimum absolute atomic E-state index is 0.113. The first-order valence-electron chi connectivity index (χ1n) is 5.93. The summed E-state index contributed by atoms with van der Waals surface area (Å²) < 4.78 is 5.17. The predicted octanol–water partition coefficient (Wildman–Crippen LogP) is 1.28. The standard InChI is InChI=1S/C10H13N3O2.C2H6/c1-8-6-11-9(12-7-8)10(14)13-2-4-15-5-3-13;1-2/h6-7H,2-5H2,1H3;1-2H3. The molecule has 0 atom stereocenters. The van der Waals surface area contributed by atoms with Crippen molar-refractivity contribution in [3.63, 3.8) is 0 Å². The number of rotatable bonds is 1. The van der Waals surface area contributed by atoms with Gasteiger partial charge in [-0.05, 0) is 12.5 Å². The van der Waals surface area contributed by atoms with E-state index in [1.807, 2.05) is 20.8 Å². The molecule has 0 saturated carbocycles. The maximum Gasteiger partial charge on any atom is 0.291 e. The van der Waals surface area contributed by atoms with Crippen LogP contribution in [0.15, 0.2) is 12.4 Å². The van der Waals surface area contributed by atoms with Crippen molar-refractivity contribution >= 4 is 5.91 Å². The molecule has 0 aliphatic carbocycles. The van der Waals surface area contributed by atoms with Crippen LogP contribution in [0.25, 0.3) is 0 Å². The van der Waals surface area contributed by atoms with E-state index >= 15 is 0 Å². The van der Waals surface area contributed by atoms with Gasteiger partial charge in [-0.2, -0.15) is 0 Å². The summed E-state index contributed by atoms with van der Waals surface area (Å²) >= 11 is 0. The summed E-state index contributed by atoms with van der Waals surface area (Å²) in [7, 11) is 0. The fourth-order valence-electron chi connectivity index (χ4n) is 1.41. The summed E-state index contributed by atoms with van der Waals surface area (Å²) in [5, 5.41) is 0. The van der Waals surface area contributed by atoms with Crippen LogP contribution in [-0.2, 0) is 4.74 Å². The molecule has 17 heavy (non-hydrogen) atoms. The summed E-state index contributed by atoms with van der Waals surface area (Å²) in [5.41, 5.74) is 0.952. The molecule has 1 fully saturated rings. The smallest absolute Gasteiger partial charge is 0.291 e. The number of ether oxygens (including phenoxy) is 1. The van der Waals surface area contributed by atoms with Gasteiger partial charge in [-0.25, -0.2) is 9.97 Å². The molecule has 1 saturated heterocycles. The topological polar surface area (TPSA) is 55.3 Å². The normalized spacial score (nSPS) is 14.9. The molecule has 0 radical (unpaired) electrons. The molecule has 0 N–H and O–H groups in total. The largest absolute Gasteiger partial charge is 0.378 e. The number of amides is 1. The van der Waals surface area contributed by atoms with Gasteiger partial charge in [0.2, 0.25) is 5.82 Å². The Morgan fingerprint density at radius 1 is 1.24 bits per heavy atom. The Labute approximate surface area is 102 Å². The number of hydrogen-bond acceptors (Lipinski definition) is 4. The van der Waals surface area contributed by atoms with Gasteiger partial charge in [-0.15, -0.1) is 0 Å². The number of aryl methyl sites for hydroxylation is 1. The van der Waals surface area contributed by atoms with E-state index in [2.05, 4.69) is 9.97 Å². The maximum absolute atomic E-state index is 11.9. The molecule has 5 heteroatoms. The van der Waals surface area contributed by atoms with Gasteiger partial charge < -0.3 is 9.64 Å². The highest BCUT2D eigenvalue weighted by Crippen LogP contribution is 2.03. The molecule has 2 heterocycles. The van der Waals surface area contributed by atoms with Crippen LogP contribution in [0, 0.1) is 6.92 Å². The van der Waals surface area contributed by atoms with Gasteiger partial charge in [-0.1, -0.05) is 13.8 Å². The lowest BCUT2D eigenvalue weighted by Gasteiger charge is -2.25. The number of aromatic nitrogens is 2. The molecule has 0 unspecified atom stereocenters. The first kappa shape index (κ1) is 13.6. The van der Waals surface area contributed by atoms with Gasteiger partial charge >= 0.3 is 0 Å². The minimum Gasteiger partial charge on any atom is -0.378 e. The Bertz CT molecular complexity index is 345. The van der Waals surface area contributed by atoms with Gasteiger partial charge in [0.25, 0.3) is 5.91 Å². The van der Waals surface area contributed by atoms with E-state index < -0.39 is 0 Å². The van der Waals surface area contributed by atoms with Gasteiger partial charge in [-0.3, -0.25) is 4.79 Å². The molecule has 0 spiro atoms. The Kier molecular flexibility index (Phi) is 5.56. The van der Waals surface area contributed by atoms with Crippen LogP contribution in [0.4, 0.5) is 0 Å². The van der Waals surface area contributed by atoms with Crippen molar-refractivity contribution < 1.29 is 9.53 Å². The number of hydrogen-bond donors (Lipinski definition) is 0. The van der Waals surface area contributed by atoms with Crippen LogP contribution in [0.1, 0.15) is 30.0 Å². The van der Waals surface area contributed by atoms with Gasteiger partial charge in [0, 0.05) is 25.5 Å². The first-order valence-corrected chi connectivity index (χ1v) is 5.93. The highest BCUT2D eigenvalue weighted by Gasteiger charge is 2.20. The molecule has 0 aromatic carbocycles. The highest BCUT2D eigenvalue weighted by molar-refractivity contribution is 5.90. The van der Waals surface area contributed by atoms with Crippen LogP contribution in [0.5, 0.6) is 0 Å². The third-order valence-corrected chi connectivity index (χ3v) is 2.27. The Balaban J connectivity index is 0.000000686. The second-order valence-electron chi connectivity index (χ2n) is 3.49. The van der Waals surface area contributed by atoms with E-state index in [-0.39, 0.29) is 11.7 Å². The number of carbonyl (C=O) groups excluding carboxylic acids is 1. The molecule has 2 rings (SSSR count). The van der Waals surface area contributed by atoms with Crippen LogP contribution in [-0.4, -0.2) is 47.1 Å². The van der Waals surface area contributed by atoms with E-state index in [1.165, 1.54) is 0 Å². The first-order chi connectivity index (χ1) is 8.27. The zero-order valence-electron chi connectivity index (χ0n) is 10.6. The van der Waals surface area contributed by atoms with Gasteiger partial charge in [0.1, 0.15) is 0 Å². The average Bonchev–Trinajstić information content (AvgIpc) is 2.42. The van der Waals surface area contributed by atoms with Crippen molar-refractivity contribution in [2.24, 2.45) is 0 Å². The molecule has 1 aromatic rings. The third-order valence-electron chi connectivity index (χ3n) is 2.27. The van der Waals surface area contributed by atoms with E-state index in [9.17, 15) is 4.79 Å². The fourth-order valence-corrected chi connectivity index (χ4v) is 1.41. The Morgan fingerprint density at radius 2 is 1.76 bits per heavy atom. The van der Waals surface area contributed by atoms with Crippen molar-refractivity contribution in [1.82, 2.24) is 14.9 Å².